The summed E-state index contributed by atoms with van der Waals surface area (Å²) in [5.74, 6) is -0.371. The summed E-state index contributed by atoms with van der Waals surface area (Å²) in [7, 11) is 0. The van der Waals surface area contributed by atoms with Gasteiger partial charge in [-0.05, 0) is 32.0 Å². The van der Waals surface area contributed by atoms with Crippen LogP contribution >= 0.6 is 11.6 Å². The maximum atomic E-state index is 12.7. The first kappa shape index (κ1) is 11.3. The summed E-state index contributed by atoms with van der Waals surface area (Å²) < 4.78 is 12.7. The number of rotatable bonds is 3. The standard InChI is InChI=1S/C10H13ClFNO/c1-10(2,14)6-13-9-4-3-7(12)5-8(9)11/h3-5,13-14H,6H2,1-2H3. The zero-order chi connectivity index (χ0) is 10.8. The molecule has 1 rings (SSSR count). The van der Waals surface area contributed by atoms with Crippen molar-refractivity contribution in [3.63, 3.8) is 0 Å². The smallest absolute Gasteiger partial charge is 0.124 e. The molecule has 78 valence electrons. The highest BCUT2D eigenvalue weighted by atomic mass is 35.5. The molecular weight excluding hydrogens is 205 g/mol. The van der Waals surface area contributed by atoms with Crippen LogP contribution in [0.1, 0.15) is 13.8 Å². The highest BCUT2D eigenvalue weighted by molar-refractivity contribution is 6.33. The van der Waals surface area contributed by atoms with E-state index in [0.29, 0.717) is 17.3 Å². The predicted molar refractivity (Wildman–Crippen MR) is 56.2 cm³/mol. The first-order valence-electron chi connectivity index (χ1n) is 4.30. The molecule has 0 aliphatic heterocycles. The van der Waals surface area contributed by atoms with Crippen molar-refractivity contribution in [3.8, 4) is 0 Å². The molecule has 2 nitrogen and oxygen atoms in total. The molecule has 0 heterocycles. The molecule has 0 bridgehead atoms. The molecule has 0 saturated heterocycles. The van der Waals surface area contributed by atoms with E-state index in [1.165, 1.54) is 12.1 Å². The van der Waals surface area contributed by atoms with Crippen LogP contribution in [0.15, 0.2) is 18.2 Å². The van der Waals surface area contributed by atoms with Gasteiger partial charge in [-0.1, -0.05) is 11.6 Å². The predicted octanol–water partition coefficient (Wildman–Crippen LogP) is 2.66. The van der Waals surface area contributed by atoms with Gasteiger partial charge in [0, 0.05) is 6.54 Å². The Labute approximate surface area is 87.7 Å². The van der Waals surface area contributed by atoms with Crippen LogP contribution in [-0.4, -0.2) is 17.3 Å². The average molecular weight is 218 g/mol. The first-order chi connectivity index (χ1) is 6.38. The second-order valence-corrected chi connectivity index (χ2v) is 4.20. The second-order valence-electron chi connectivity index (χ2n) is 3.79. The zero-order valence-electron chi connectivity index (χ0n) is 8.14. The molecule has 0 saturated carbocycles. The minimum atomic E-state index is -0.822. The van der Waals surface area contributed by atoms with E-state index >= 15 is 0 Å². The van der Waals surface area contributed by atoms with Crippen molar-refractivity contribution < 1.29 is 9.50 Å². The third-order valence-electron chi connectivity index (χ3n) is 1.64. The Morgan fingerprint density at radius 3 is 2.64 bits per heavy atom. The van der Waals surface area contributed by atoms with E-state index in [1.54, 1.807) is 19.9 Å². The van der Waals surface area contributed by atoms with E-state index in [9.17, 15) is 9.50 Å². The van der Waals surface area contributed by atoms with Crippen LogP contribution in [0.4, 0.5) is 10.1 Å². The Kier molecular flexibility index (Phi) is 3.34. The van der Waals surface area contributed by atoms with E-state index in [1.807, 2.05) is 0 Å². The molecule has 2 N–H and O–H groups in total. The zero-order valence-corrected chi connectivity index (χ0v) is 8.90. The van der Waals surface area contributed by atoms with Gasteiger partial charge in [0.05, 0.1) is 16.3 Å². The summed E-state index contributed by atoms with van der Waals surface area (Å²) in [5, 5.41) is 12.7. The van der Waals surface area contributed by atoms with Crippen molar-refractivity contribution in [1.29, 1.82) is 0 Å². The van der Waals surface area contributed by atoms with Gasteiger partial charge in [-0.3, -0.25) is 0 Å². The number of halogens is 2. The third kappa shape index (κ3) is 3.52. The molecule has 0 radical (unpaired) electrons. The number of aliphatic hydroxyl groups is 1. The number of anilines is 1. The van der Waals surface area contributed by atoms with Crippen LogP contribution < -0.4 is 5.32 Å². The molecule has 0 spiro atoms. The Hall–Kier alpha value is -0.800. The summed E-state index contributed by atoms with van der Waals surface area (Å²) in [6.45, 7) is 3.72. The molecule has 0 aromatic heterocycles. The van der Waals surface area contributed by atoms with Crippen LogP contribution in [0.3, 0.4) is 0 Å². The fourth-order valence-corrected chi connectivity index (χ4v) is 1.18. The molecule has 0 amide bonds. The van der Waals surface area contributed by atoms with Gasteiger partial charge in [0.2, 0.25) is 0 Å². The van der Waals surface area contributed by atoms with Gasteiger partial charge in [0.15, 0.2) is 0 Å². The molecular formula is C10H13ClFNO. The van der Waals surface area contributed by atoms with Gasteiger partial charge in [-0.15, -0.1) is 0 Å². The van der Waals surface area contributed by atoms with Crippen molar-refractivity contribution in [2.24, 2.45) is 0 Å². The minimum Gasteiger partial charge on any atom is -0.389 e. The number of benzene rings is 1. The van der Waals surface area contributed by atoms with Gasteiger partial charge < -0.3 is 10.4 Å². The Morgan fingerprint density at radius 1 is 1.50 bits per heavy atom. The third-order valence-corrected chi connectivity index (χ3v) is 1.96. The lowest BCUT2D eigenvalue weighted by Gasteiger charge is -2.19. The second kappa shape index (κ2) is 4.15. The molecule has 1 aromatic carbocycles. The van der Waals surface area contributed by atoms with Crippen molar-refractivity contribution in [1.82, 2.24) is 0 Å². The topological polar surface area (TPSA) is 32.3 Å². The van der Waals surface area contributed by atoms with Crippen molar-refractivity contribution in [2.75, 3.05) is 11.9 Å². The van der Waals surface area contributed by atoms with Crippen LogP contribution in [0.2, 0.25) is 5.02 Å². The quantitative estimate of drug-likeness (QED) is 0.816. The maximum absolute atomic E-state index is 12.7. The minimum absolute atomic E-state index is 0.314. The monoisotopic (exact) mass is 217 g/mol. The lowest BCUT2D eigenvalue weighted by atomic mass is 10.1. The van der Waals surface area contributed by atoms with Crippen LogP contribution in [0, 0.1) is 5.82 Å². The number of hydrogen-bond donors (Lipinski definition) is 2. The Bertz CT molecular complexity index is 322. The van der Waals surface area contributed by atoms with Crippen LogP contribution in [0.5, 0.6) is 0 Å². The maximum Gasteiger partial charge on any atom is 0.124 e. The lowest BCUT2D eigenvalue weighted by molar-refractivity contribution is 0.0945. The van der Waals surface area contributed by atoms with Gasteiger partial charge in [-0.2, -0.15) is 0 Å². The van der Waals surface area contributed by atoms with Crippen LogP contribution in [0.25, 0.3) is 0 Å². The summed E-state index contributed by atoms with van der Waals surface area (Å²) in [4.78, 5) is 0. The van der Waals surface area contributed by atoms with E-state index in [-0.39, 0.29) is 5.82 Å². The molecule has 0 unspecified atom stereocenters. The number of hydrogen-bond acceptors (Lipinski definition) is 2. The summed E-state index contributed by atoms with van der Waals surface area (Å²) in [5.41, 5.74) is -0.201. The van der Waals surface area contributed by atoms with Crippen LogP contribution in [-0.2, 0) is 0 Å². The lowest BCUT2D eigenvalue weighted by Crippen LogP contribution is -2.29. The highest BCUT2D eigenvalue weighted by Crippen LogP contribution is 2.22. The van der Waals surface area contributed by atoms with Gasteiger partial charge >= 0.3 is 0 Å². The summed E-state index contributed by atoms with van der Waals surface area (Å²) in [6.07, 6.45) is 0. The van der Waals surface area contributed by atoms with Gasteiger partial charge in [0.1, 0.15) is 5.82 Å². The van der Waals surface area contributed by atoms with Gasteiger partial charge in [0.25, 0.3) is 0 Å². The number of nitrogens with one attached hydrogen (secondary N) is 1. The molecule has 0 atom stereocenters. The fraction of sp³-hybridized carbons (Fsp3) is 0.400. The largest absolute Gasteiger partial charge is 0.389 e. The van der Waals surface area contributed by atoms with Crippen molar-refractivity contribution in [3.05, 3.63) is 29.0 Å². The van der Waals surface area contributed by atoms with Crippen molar-refractivity contribution >= 4 is 17.3 Å². The molecule has 0 fully saturated rings. The summed E-state index contributed by atoms with van der Waals surface area (Å²) in [6, 6.07) is 4.09. The Morgan fingerprint density at radius 2 is 2.14 bits per heavy atom. The molecule has 14 heavy (non-hydrogen) atoms. The normalized spacial score (nSPS) is 11.5. The molecule has 1 aromatic rings. The van der Waals surface area contributed by atoms with Crippen molar-refractivity contribution in [2.45, 2.75) is 19.4 Å². The highest BCUT2D eigenvalue weighted by Gasteiger charge is 2.12. The average Bonchev–Trinajstić information content (AvgIpc) is 2.00. The molecule has 0 aliphatic carbocycles. The first-order valence-corrected chi connectivity index (χ1v) is 4.67. The van der Waals surface area contributed by atoms with E-state index in [0.717, 1.165) is 0 Å². The summed E-state index contributed by atoms with van der Waals surface area (Å²) >= 11 is 5.77. The Balaban J connectivity index is 2.68. The molecule has 4 heteroatoms. The van der Waals surface area contributed by atoms with E-state index in [2.05, 4.69) is 5.32 Å². The SMILES string of the molecule is CC(C)(O)CNc1ccc(F)cc1Cl. The molecule has 0 aliphatic rings. The fourth-order valence-electron chi connectivity index (χ4n) is 0.944. The van der Waals surface area contributed by atoms with E-state index in [4.69, 9.17) is 11.6 Å². The van der Waals surface area contributed by atoms with E-state index < -0.39 is 5.60 Å². The van der Waals surface area contributed by atoms with Gasteiger partial charge in [-0.25, -0.2) is 4.39 Å².